The summed E-state index contributed by atoms with van der Waals surface area (Å²) in [6.07, 6.45) is 1.77. The number of allylic oxidation sites excluding steroid dienone is 2. The molecule has 14 heavy (non-hydrogen) atoms. The lowest BCUT2D eigenvalue weighted by Gasteiger charge is -2.06. The van der Waals surface area contributed by atoms with Gasteiger partial charge in [0.05, 0.1) is 5.69 Å². The Kier molecular flexibility index (Phi) is 5.54. The molecule has 1 nitrogen and oxygen atoms in total. The van der Waals surface area contributed by atoms with E-state index < -0.39 is 0 Å². The molecule has 0 fully saturated rings. The second-order valence-electron chi connectivity index (χ2n) is 2.96. The monoisotopic (exact) mass is 189 g/mol. The minimum Gasteiger partial charge on any atom is -0.256 e. The molecular weight excluding hydrogens is 170 g/mol. The molecule has 0 spiro atoms. The zero-order chi connectivity index (χ0) is 11.1. The van der Waals surface area contributed by atoms with Crippen LogP contribution >= 0.6 is 0 Å². The van der Waals surface area contributed by atoms with Gasteiger partial charge in [0.15, 0.2) is 0 Å². The smallest absolute Gasteiger partial charge is 0.0727 e. The fraction of sp³-hybridized carbons (Fsp3) is 0.308. The third-order valence-electron chi connectivity index (χ3n) is 1.67. The van der Waals surface area contributed by atoms with Crippen LogP contribution in [-0.4, -0.2) is 4.98 Å². The molecule has 0 radical (unpaired) electrons. The molecule has 1 aromatic rings. The lowest BCUT2D eigenvalue weighted by atomic mass is 10.0. The van der Waals surface area contributed by atoms with Crippen LogP contribution < -0.4 is 0 Å². The van der Waals surface area contributed by atoms with Crippen LogP contribution in [0.15, 0.2) is 31.5 Å². The van der Waals surface area contributed by atoms with Crippen molar-refractivity contribution < 1.29 is 0 Å². The lowest BCUT2D eigenvalue weighted by molar-refractivity contribution is 1.25. The third kappa shape index (κ3) is 3.17. The van der Waals surface area contributed by atoms with Crippen LogP contribution in [0.1, 0.15) is 39.0 Å². The van der Waals surface area contributed by atoms with Gasteiger partial charge in [-0.15, -0.1) is 0 Å². The average Bonchev–Trinajstić information content (AvgIpc) is 2.20. The molecule has 1 aromatic heterocycles. The summed E-state index contributed by atoms with van der Waals surface area (Å²) in [5.41, 5.74) is 4.05. The van der Waals surface area contributed by atoms with Gasteiger partial charge in [-0.05, 0) is 31.1 Å². The van der Waals surface area contributed by atoms with Gasteiger partial charge in [0.2, 0.25) is 0 Å². The maximum absolute atomic E-state index is 4.24. The highest BCUT2D eigenvalue weighted by Gasteiger charge is 2.02. The van der Waals surface area contributed by atoms with Gasteiger partial charge in [0.1, 0.15) is 0 Å². The van der Waals surface area contributed by atoms with E-state index in [9.17, 15) is 0 Å². The van der Waals surface area contributed by atoms with E-state index in [0.29, 0.717) is 0 Å². The van der Waals surface area contributed by atoms with Crippen molar-refractivity contribution in [1.29, 1.82) is 0 Å². The first-order valence-corrected chi connectivity index (χ1v) is 4.89. The van der Waals surface area contributed by atoms with Crippen molar-refractivity contribution in [3.8, 4) is 0 Å². The van der Waals surface area contributed by atoms with E-state index in [1.165, 1.54) is 0 Å². The van der Waals surface area contributed by atoms with E-state index in [2.05, 4.69) is 18.1 Å². The molecule has 0 saturated heterocycles. The molecule has 1 heteroatoms. The number of pyridine rings is 1. The number of hydrogen-bond acceptors (Lipinski definition) is 1. The Morgan fingerprint density at radius 1 is 1.14 bits per heavy atom. The standard InChI is InChI=1S/C11H13N.C2H6/c1-8(2)10-6-5-7-12-11(10)9(3)4;1-2/h5-7H,1,3H2,2,4H3;1-2H3. The predicted molar refractivity (Wildman–Crippen MR) is 65.0 cm³/mol. The molecular formula is C13H19N. The van der Waals surface area contributed by atoms with Crippen molar-refractivity contribution in [3.63, 3.8) is 0 Å². The Bertz CT molecular complexity index is 291. The van der Waals surface area contributed by atoms with Gasteiger partial charge < -0.3 is 0 Å². The molecule has 0 aliphatic rings. The van der Waals surface area contributed by atoms with Gasteiger partial charge in [-0.25, -0.2) is 0 Å². The third-order valence-corrected chi connectivity index (χ3v) is 1.67. The second-order valence-corrected chi connectivity index (χ2v) is 2.96. The van der Waals surface area contributed by atoms with Gasteiger partial charge in [-0.2, -0.15) is 0 Å². The number of hydrogen-bond donors (Lipinski definition) is 0. The quantitative estimate of drug-likeness (QED) is 0.680. The molecule has 0 amide bonds. The fourth-order valence-electron chi connectivity index (χ4n) is 1.09. The number of nitrogens with zero attached hydrogens (tertiary/aromatic N) is 1. The summed E-state index contributed by atoms with van der Waals surface area (Å²) in [5, 5.41) is 0. The van der Waals surface area contributed by atoms with Crippen LogP contribution in [0.2, 0.25) is 0 Å². The van der Waals surface area contributed by atoms with Crippen molar-refractivity contribution in [2.24, 2.45) is 0 Å². The molecule has 1 heterocycles. The van der Waals surface area contributed by atoms with E-state index in [0.717, 1.165) is 22.4 Å². The second kappa shape index (κ2) is 6.14. The number of rotatable bonds is 2. The predicted octanol–water partition coefficient (Wildman–Crippen LogP) is 4.17. The summed E-state index contributed by atoms with van der Waals surface area (Å²) in [4.78, 5) is 4.24. The van der Waals surface area contributed by atoms with Crippen molar-refractivity contribution in [2.45, 2.75) is 27.7 Å². The lowest BCUT2D eigenvalue weighted by Crippen LogP contribution is -1.91. The topological polar surface area (TPSA) is 12.9 Å². The molecule has 0 aromatic carbocycles. The summed E-state index contributed by atoms with van der Waals surface area (Å²) in [5.74, 6) is 0. The van der Waals surface area contributed by atoms with E-state index in [-0.39, 0.29) is 0 Å². The molecule has 0 N–H and O–H groups in total. The van der Waals surface area contributed by atoms with Crippen molar-refractivity contribution in [3.05, 3.63) is 42.7 Å². The normalized spacial score (nSPS) is 8.57. The SMILES string of the molecule is C=C(C)c1cccnc1C(=C)C.CC. The molecule has 76 valence electrons. The summed E-state index contributed by atoms with van der Waals surface area (Å²) in [6, 6.07) is 3.93. The average molecular weight is 189 g/mol. The van der Waals surface area contributed by atoms with Crippen LogP contribution in [0.3, 0.4) is 0 Å². The summed E-state index contributed by atoms with van der Waals surface area (Å²) in [7, 11) is 0. The van der Waals surface area contributed by atoms with Gasteiger partial charge in [-0.3, -0.25) is 4.98 Å². The molecule has 0 unspecified atom stereocenters. The Morgan fingerprint density at radius 3 is 2.07 bits per heavy atom. The maximum atomic E-state index is 4.24. The van der Waals surface area contributed by atoms with Crippen molar-refractivity contribution >= 4 is 11.1 Å². The highest BCUT2D eigenvalue weighted by molar-refractivity contribution is 5.73. The Labute approximate surface area is 87.2 Å². The Balaban J connectivity index is 0.000000791. The highest BCUT2D eigenvalue weighted by atomic mass is 14.7. The van der Waals surface area contributed by atoms with Crippen LogP contribution in [0.25, 0.3) is 11.1 Å². The van der Waals surface area contributed by atoms with Crippen molar-refractivity contribution in [2.75, 3.05) is 0 Å². The van der Waals surface area contributed by atoms with Gasteiger partial charge >= 0.3 is 0 Å². The van der Waals surface area contributed by atoms with Crippen LogP contribution in [-0.2, 0) is 0 Å². The largest absolute Gasteiger partial charge is 0.256 e. The number of aromatic nitrogens is 1. The van der Waals surface area contributed by atoms with E-state index in [1.54, 1.807) is 6.20 Å². The van der Waals surface area contributed by atoms with Crippen LogP contribution in [0.4, 0.5) is 0 Å². The van der Waals surface area contributed by atoms with Crippen LogP contribution in [0, 0.1) is 0 Å². The van der Waals surface area contributed by atoms with Gasteiger partial charge in [0, 0.05) is 11.8 Å². The fourth-order valence-corrected chi connectivity index (χ4v) is 1.09. The first-order valence-electron chi connectivity index (χ1n) is 4.89. The first-order chi connectivity index (χ1) is 6.63. The summed E-state index contributed by atoms with van der Waals surface area (Å²) in [6.45, 7) is 15.7. The zero-order valence-corrected chi connectivity index (χ0v) is 9.59. The highest BCUT2D eigenvalue weighted by Crippen LogP contribution is 2.19. The first kappa shape index (κ1) is 12.6. The molecule has 1 rings (SSSR count). The Hall–Kier alpha value is -1.37. The minimum absolute atomic E-state index is 0.949. The molecule has 0 aliphatic carbocycles. The van der Waals surface area contributed by atoms with E-state index in [1.807, 2.05) is 39.8 Å². The summed E-state index contributed by atoms with van der Waals surface area (Å²) < 4.78 is 0. The zero-order valence-electron chi connectivity index (χ0n) is 9.59. The van der Waals surface area contributed by atoms with Gasteiger partial charge in [0.25, 0.3) is 0 Å². The maximum Gasteiger partial charge on any atom is 0.0727 e. The van der Waals surface area contributed by atoms with Gasteiger partial charge in [-0.1, -0.05) is 33.1 Å². The van der Waals surface area contributed by atoms with Crippen LogP contribution in [0.5, 0.6) is 0 Å². The minimum atomic E-state index is 0.949. The molecule has 0 aliphatic heterocycles. The molecule has 0 saturated carbocycles. The molecule has 0 atom stereocenters. The van der Waals surface area contributed by atoms with E-state index >= 15 is 0 Å². The summed E-state index contributed by atoms with van der Waals surface area (Å²) >= 11 is 0. The van der Waals surface area contributed by atoms with E-state index in [4.69, 9.17) is 0 Å². The van der Waals surface area contributed by atoms with Crippen molar-refractivity contribution in [1.82, 2.24) is 4.98 Å². The Morgan fingerprint density at radius 2 is 1.71 bits per heavy atom. The molecule has 0 bridgehead atoms.